The third kappa shape index (κ3) is 7.74. The second-order valence-electron chi connectivity index (χ2n) is 12.9. The first-order valence-electron chi connectivity index (χ1n) is 15.2. The molecule has 0 unspecified atom stereocenters. The fourth-order valence-electron chi connectivity index (χ4n) is 5.48. The van der Waals surface area contributed by atoms with Crippen molar-refractivity contribution in [1.29, 1.82) is 0 Å². The highest BCUT2D eigenvalue weighted by Gasteiger charge is 2.32. The molecule has 0 saturated heterocycles. The maximum Gasteiger partial charge on any atom is 0.264 e. The predicted octanol–water partition coefficient (Wildman–Crippen LogP) is 5.17. The maximum absolute atomic E-state index is 14.3. The van der Waals surface area contributed by atoms with E-state index in [0.29, 0.717) is 23.6 Å². The Morgan fingerprint density at radius 1 is 1.04 bits per heavy atom. The molecule has 0 fully saturated rings. The maximum atomic E-state index is 14.3. The zero-order valence-corrected chi connectivity index (χ0v) is 28.4. The summed E-state index contributed by atoms with van der Waals surface area (Å²) in [6, 6.07) is 12.9. The van der Waals surface area contributed by atoms with Gasteiger partial charge in [-0.1, -0.05) is 45.0 Å². The second kappa shape index (κ2) is 13.1. The third-order valence-corrected chi connectivity index (χ3v) is 9.22. The Kier molecular flexibility index (Phi) is 9.30. The summed E-state index contributed by atoms with van der Waals surface area (Å²) in [5.41, 5.74) is 3.69. The number of hydrogen-bond donors (Lipinski definition) is 1. The van der Waals surface area contributed by atoms with Gasteiger partial charge in [-0.05, 0) is 55.0 Å². The lowest BCUT2D eigenvalue weighted by Gasteiger charge is -2.35. The lowest BCUT2D eigenvalue weighted by Crippen LogP contribution is -2.45. The number of carbonyl (C=O) groups is 2. The highest BCUT2D eigenvalue weighted by Crippen LogP contribution is 2.31. The van der Waals surface area contributed by atoms with Crippen molar-refractivity contribution in [2.75, 3.05) is 23.3 Å². The van der Waals surface area contributed by atoms with Crippen molar-refractivity contribution in [1.82, 2.24) is 24.8 Å². The molecule has 47 heavy (non-hydrogen) atoms. The van der Waals surface area contributed by atoms with Gasteiger partial charge in [0.05, 0.1) is 41.3 Å². The van der Waals surface area contributed by atoms with Gasteiger partial charge < -0.3 is 14.5 Å². The molecular weight excluding hydrogens is 618 g/mol. The number of fused-ring (bicyclic) bond motifs is 4. The molecule has 2 amide bonds. The van der Waals surface area contributed by atoms with Crippen LogP contribution < -0.4 is 14.4 Å². The van der Waals surface area contributed by atoms with Crippen molar-refractivity contribution in [3.8, 4) is 17.1 Å². The number of aromatic nitrogens is 4. The standard InChI is InChI=1S/C34H39N7O5S/c1-21-10-8-11-22(2)31(21)28-15-30-38-33(37-28)39-47(44,45)27-13-9-12-24(14-27)32(43)41(25(20-46-30)16-34(4,5)6)19-29-35-17-26(18-36-29)40(7)23(3)42/h8-15,17-18,25H,16,19-20H2,1-7H3,(H,37,38,39)/t25-/m1/s1. The SMILES string of the molecule is CC(=O)N(C)c1cnc(CN2C(=O)c3cccc(c3)S(=O)(=O)Nc3nc(cc(-c4c(C)cccc4C)n3)OC[C@H]2CC(C)(C)C)nc1. The number of hydrogen-bond acceptors (Lipinski definition) is 9. The number of rotatable bonds is 5. The minimum absolute atomic E-state index is 0.00487. The summed E-state index contributed by atoms with van der Waals surface area (Å²) in [5, 5.41) is 0. The molecular formula is C34H39N7O5S. The van der Waals surface area contributed by atoms with Crippen LogP contribution in [0.3, 0.4) is 0 Å². The first-order valence-corrected chi connectivity index (χ1v) is 16.7. The van der Waals surface area contributed by atoms with E-state index in [1.807, 2.05) is 32.0 Å². The fraction of sp³-hybridized carbons (Fsp3) is 0.353. The van der Waals surface area contributed by atoms with Gasteiger partial charge in [0.25, 0.3) is 15.9 Å². The molecule has 246 valence electrons. The van der Waals surface area contributed by atoms with Crippen LogP contribution in [0.5, 0.6) is 5.88 Å². The molecule has 0 saturated carbocycles. The molecule has 2 aromatic heterocycles. The van der Waals surface area contributed by atoms with Gasteiger partial charge >= 0.3 is 0 Å². The van der Waals surface area contributed by atoms with Crippen LogP contribution in [0.15, 0.2) is 65.8 Å². The Bertz CT molecular complexity index is 1900. The third-order valence-electron chi connectivity index (χ3n) is 7.89. The van der Waals surface area contributed by atoms with Crippen molar-refractivity contribution < 1.29 is 22.7 Å². The number of carbonyl (C=O) groups excluding carboxylic acids is 2. The first-order chi connectivity index (χ1) is 22.1. The fourth-order valence-corrected chi connectivity index (χ4v) is 6.47. The van der Waals surface area contributed by atoms with Gasteiger partial charge in [-0.15, -0.1) is 0 Å². The molecule has 1 atom stereocenters. The minimum atomic E-state index is -4.20. The van der Waals surface area contributed by atoms with Gasteiger partial charge in [-0.3, -0.25) is 9.59 Å². The van der Waals surface area contributed by atoms with Crippen LogP contribution in [0, 0.1) is 19.3 Å². The Labute approximate surface area is 275 Å². The number of nitrogens with zero attached hydrogens (tertiary/aromatic N) is 6. The van der Waals surface area contributed by atoms with Crippen LogP contribution in [0.25, 0.3) is 11.3 Å². The molecule has 2 aromatic carbocycles. The number of nitrogens with one attached hydrogen (secondary N) is 1. The molecule has 0 spiro atoms. The Balaban J connectivity index is 1.64. The summed E-state index contributed by atoms with van der Waals surface area (Å²) in [4.78, 5) is 47.0. The van der Waals surface area contributed by atoms with Gasteiger partial charge in [0.1, 0.15) is 12.4 Å². The van der Waals surface area contributed by atoms with Gasteiger partial charge in [-0.25, -0.2) is 28.1 Å². The monoisotopic (exact) mass is 657 g/mol. The minimum Gasteiger partial charge on any atom is -0.475 e. The normalized spacial score (nSPS) is 16.2. The molecule has 13 heteroatoms. The smallest absolute Gasteiger partial charge is 0.264 e. The van der Waals surface area contributed by atoms with Gasteiger partial charge in [0.15, 0.2) is 0 Å². The van der Waals surface area contributed by atoms with Crippen LogP contribution in [0.1, 0.15) is 61.4 Å². The van der Waals surface area contributed by atoms with Crippen LogP contribution in [-0.2, 0) is 21.4 Å². The predicted molar refractivity (Wildman–Crippen MR) is 179 cm³/mol. The van der Waals surface area contributed by atoms with E-state index >= 15 is 0 Å². The molecule has 4 bridgehead atoms. The van der Waals surface area contributed by atoms with E-state index in [1.54, 1.807) is 24.1 Å². The number of sulfonamides is 1. The summed E-state index contributed by atoms with van der Waals surface area (Å²) in [5.74, 6) is -0.239. The van der Waals surface area contributed by atoms with E-state index in [-0.39, 0.29) is 46.8 Å². The summed E-state index contributed by atoms with van der Waals surface area (Å²) in [6.45, 7) is 11.6. The van der Waals surface area contributed by atoms with Crippen molar-refractivity contribution in [2.45, 2.75) is 65.4 Å². The van der Waals surface area contributed by atoms with Gasteiger partial charge in [0, 0.05) is 31.2 Å². The quantitative estimate of drug-likeness (QED) is 0.307. The van der Waals surface area contributed by atoms with Crippen molar-refractivity contribution in [3.63, 3.8) is 0 Å². The average Bonchev–Trinajstić information content (AvgIpc) is 3.00. The van der Waals surface area contributed by atoms with Crippen molar-refractivity contribution in [3.05, 3.63) is 83.4 Å². The second-order valence-corrected chi connectivity index (χ2v) is 14.6. The van der Waals surface area contributed by atoms with Crippen LogP contribution in [-0.4, -0.2) is 64.8 Å². The van der Waals surface area contributed by atoms with E-state index in [2.05, 4.69) is 45.4 Å². The van der Waals surface area contributed by atoms with Gasteiger partial charge in [0.2, 0.25) is 17.7 Å². The van der Waals surface area contributed by atoms with Crippen molar-refractivity contribution in [2.24, 2.45) is 5.41 Å². The van der Waals surface area contributed by atoms with Crippen LogP contribution >= 0.6 is 0 Å². The van der Waals surface area contributed by atoms with Crippen molar-refractivity contribution >= 4 is 33.5 Å². The van der Waals surface area contributed by atoms with Crippen LogP contribution in [0.2, 0.25) is 0 Å². The zero-order chi connectivity index (χ0) is 34.1. The number of aryl methyl sites for hydroxylation is 2. The molecule has 12 nitrogen and oxygen atoms in total. The van der Waals surface area contributed by atoms with E-state index < -0.39 is 22.0 Å². The number of benzene rings is 2. The number of anilines is 2. The van der Waals surface area contributed by atoms with Crippen LogP contribution in [0.4, 0.5) is 11.6 Å². The molecule has 1 aliphatic rings. The summed E-state index contributed by atoms with van der Waals surface area (Å²) < 4.78 is 36.0. The molecule has 1 N–H and O–H groups in total. The first kappa shape index (κ1) is 33.5. The largest absolute Gasteiger partial charge is 0.475 e. The molecule has 1 aliphatic heterocycles. The summed E-state index contributed by atoms with van der Waals surface area (Å²) in [7, 11) is -2.57. The highest BCUT2D eigenvalue weighted by atomic mass is 32.2. The van der Waals surface area contributed by atoms with E-state index in [4.69, 9.17) is 4.74 Å². The number of amides is 2. The van der Waals surface area contributed by atoms with Gasteiger partial charge in [-0.2, -0.15) is 4.98 Å². The lowest BCUT2D eigenvalue weighted by atomic mass is 9.87. The Morgan fingerprint density at radius 3 is 2.34 bits per heavy atom. The number of ether oxygens (including phenoxy) is 1. The highest BCUT2D eigenvalue weighted by molar-refractivity contribution is 7.92. The van der Waals surface area contributed by atoms with E-state index in [0.717, 1.165) is 16.7 Å². The molecule has 3 heterocycles. The van der Waals surface area contributed by atoms with E-state index in [1.165, 1.54) is 42.4 Å². The lowest BCUT2D eigenvalue weighted by molar-refractivity contribution is -0.116. The zero-order valence-electron chi connectivity index (χ0n) is 27.6. The summed E-state index contributed by atoms with van der Waals surface area (Å²) >= 11 is 0. The Morgan fingerprint density at radius 2 is 1.70 bits per heavy atom. The molecule has 5 rings (SSSR count). The molecule has 4 aromatic rings. The molecule has 0 radical (unpaired) electrons. The average molecular weight is 658 g/mol. The summed E-state index contributed by atoms with van der Waals surface area (Å²) in [6.07, 6.45) is 3.59. The Hall–Kier alpha value is -4.91. The topological polar surface area (TPSA) is 148 Å². The van der Waals surface area contributed by atoms with E-state index in [9.17, 15) is 18.0 Å². The molecule has 0 aliphatic carbocycles.